The molecule has 0 bridgehead atoms. The van der Waals surface area contributed by atoms with Gasteiger partial charge in [-0.25, -0.2) is 0 Å². The predicted octanol–water partition coefficient (Wildman–Crippen LogP) is 1.33. The van der Waals surface area contributed by atoms with Crippen LogP contribution in [0.4, 0.5) is 5.69 Å². The van der Waals surface area contributed by atoms with Crippen LogP contribution in [0, 0.1) is 0 Å². The number of para-hydroxylation sites is 1. The first kappa shape index (κ1) is 14.5. The molecule has 1 unspecified atom stereocenters. The average molecular weight is 276 g/mol. The molecule has 108 valence electrons. The number of carbonyl (C=O) groups is 2. The van der Waals surface area contributed by atoms with Crippen LogP contribution in [0.2, 0.25) is 0 Å². The van der Waals surface area contributed by atoms with Gasteiger partial charge in [-0.3, -0.25) is 9.59 Å². The molecule has 1 N–H and O–H groups in total. The van der Waals surface area contributed by atoms with Crippen LogP contribution in [-0.4, -0.2) is 37.6 Å². The van der Waals surface area contributed by atoms with E-state index in [4.69, 9.17) is 4.74 Å². The first-order chi connectivity index (χ1) is 9.72. The zero-order valence-corrected chi connectivity index (χ0v) is 11.7. The molecule has 0 aromatic heterocycles. The Hall–Kier alpha value is -1.88. The Kier molecular flexibility index (Phi) is 5.12. The van der Waals surface area contributed by atoms with Gasteiger partial charge in [-0.05, 0) is 31.9 Å². The number of rotatable bonds is 4. The van der Waals surface area contributed by atoms with E-state index < -0.39 is 11.8 Å². The molecule has 0 spiro atoms. The number of benzene rings is 1. The van der Waals surface area contributed by atoms with E-state index in [0.29, 0.717) is 13.1 Å². The quantitative estimate of drug-likeness (QED) is 0.844. The monoisotopic (exact) mass is 276 g/mol. The van der Waals surface area contributed by atoms with Gasteiger partial charge < -0.3 is 15.0 Å². The van der Waals surface area contributed by atoms with E-state index in [2.05, 4.69) is 5.32 Å². The van der Waals surface area contributed by atoms with Crippen molar-refractivity contribution in [2.24, 2.45) is 0 Å². The van der Waals surface area contributed by atoms with E-state index in [-0.39, 0.29) is 6.10 Å². The summed E-state index contributed by atoms with van der Waals surface area (Å²) >= 11 is 0. The Bertz CT molecular complexity index is 455. The summed E-state index contributed by atoms with van der Waals surface area (Å²) in [6.07, 6.45) is 1.99. The second-order valence-electron chi connectivity index (χ2n) is 4.73. The maximum Gasteiger partial charge on any atom is 0.316 e. The molecule has 2 rings (SSSR count). The molecule has 1 saturated heterocycles. The van der Waals surface area contributed by atoms with Crippen LogP contribution >= 0.6 is 0 Å². The highest BCUT2D eigenvalue weighted by atomic mass is 16.5. The lowest BCUT2D eigenvalue weighted by Crippen LogP contribution is -2.45. The van der Waals surface area contributed by atoms with E-state index in [0.717, 1.165) is 25.1 Å². The maximum absolute atomic E-state index is 12.2. The molecule has 5 heteroatoms. The Labute approximate surface area is 118 Å². The fraction of sp³-hybridized carbons (Fsp3) is 0.467. The Balaban J connectivity index is 1.92. The SMILES string of the molecule is CCN(C(=O)C(=O)NCC1CCCO1)c1ccccc1. The Morgan fingerprint density at radius 3 is 2.70 bits per heavy atom. The fourth-order valence-electron chi connectivity index (χ4n) is 2.26. The van der Waals surface area contributed by atoms with Crippen LogP contribution in [0.3, 0.4) is 0 Å². The van der Waals surface area contributed by atoms with Crippen molar-refractivity contribution in [3.63, 3.8) is 0 Å². The lowest BCUT2D eigenvalue weighted by atomic mass is 10.2. The van der Waals surface area contributed by atoms with Gasteiger partial charge in [0.05, 0.1) is 6.10 Å². The zero-order chi connectivity index (χ0) is 14.4. The molecule has 20 heavy (non-hydrogen) atoms. The van der Waals surface area contributed by atoms with E-state index in [1.807, 2.05) is 37.3 Å². The van der Waals surface area contributed by atoms with Gasteiger partial charge in [0, 0.05) is 25.4 Å². The van der Waals surface area contributed by atoms with Crippen molar-refractivity contribution in [1.29, 1.82) is 0 Å². The van der Waals surface area contributed by atoms with Crippen LogP contribution in [0.15, 0.2) is 30.3 Å². The van der Waals surface area contributed by atoms with Crippen molar-refractivity contribution < 1.29 is 14.3 Å². The van der Waals surface area contributed by atoms with E-state index in [9.17, 15) is 9.59 Å². The van der Waals surface area contributed by atoms with E-state index in [1.54, 1.807) is 0 Å². The summed E-state index contributed by atoms with van der Waals surface area (Å²) in [4.78, 5) is 25.5. The number of likely N-dealkylation sites (N-methyl/N-ethyl adjacent to an activating group) is 1. The summed E-state index contributed by atoms with van der Waals surface area (Å²) in [6, 6.07) is 9.19. The summed E-state index contributed by atoms with van der Waals surface area (Å²) in [7, 11) is 0. The topological polar surface area (TPSA) is 58.6 Å². The average Bonchev–Trinajstić information content (AvgIpc) is 3.00. The minimum atomic E-state index is -0.578. The van der Waals surface area contributed by atoms with Crippen LogP contribution in [0.1, 0.15) is 19.8 Å². The van der Waals surface area contributed by atoms with Crippen molar-refractivity contribution in [2.75, 3.05) is 24.6 Å². The Morgan fingerprint density at radius 1 is 1.35 bits per heavy atom. The summed E-state index contributed by atoms with van der Waals surface area (Å²) in [6.45, 7) is 3.44. The third-order valence-electron chi connectivity index (χ3n) is 3.34. The normalized spacial score (nSPS) is 17.8. The van der Waals surface area contributed by atoms with Crippen molar-refractivity contribution in [3.05, 3.63) is 30.3 Å². The van der Waals surface area contributed by atoms with Crippen LogP contribution < -0.4 is 10.2 Å². The first-order valence-corrected chi connectivity index (χ1v) is 6.98. The standard InChI is InChI=1S/C15H20N2O3/c1-2-17(12-7-4-3-5-8-12)15(19)14(18)16-11-13-9-6-10-20-13/h3-5,7-8,13H,2,6,9-11H2,1H3,(H,16,18). The largest absolute Gasteiger partial charge is 0.376 e. The lowest BCUT2D eigenvalue weighted by molar-refractivity contribution is -0.137. The molecular weight excluding hydrogens is 256 g/mol. The number of carbonyl (C=O) groups excluding carboxylic acids is 2. The van der Waals surface area contributed by atoms with Crippen molar-refractivity contribution in [2.45, 2.75) is 25.9 Å². The number of hydrogen-bond donors (Lipinski definition) is 1. The molecule has 5 nitrogen and oxygen atoms in total. The second-order valence-corrected chi connectivity index (χ2v) is 4.73. The van der Waals surface area contributed by atoms with Gasteiger partial charge in [0.15, 0.2) is 0 Å². The Morgan fingerprint density at radius 2 is 2.10 bits per heavy atom. The van der Waals surface area contributed by atoms with Gasteiger partial charge in [0.2, 0.25) is 0 Å². The number of amides is 2. The zero-order valence-electron chi connectivity index (χ0n) is 11.7. The molecule has 0 aliphatic carbocycles. The molecule has 0 radical (unpaired) electrons. The lowest BCUT2D eigenvalue weighted by Gasteiger charge is -2.20. The van der Waals surface area contributed by atoms with Gasteiger partial charge >= 0.3 is 11.8 Å². The van der Waals surface area contributed by atoms with Gasteiger partial charge in [-0.2, -0.15) is 0 Å². The van der Waals surface area contributed by atoms with Crippen LogP contribution in [0.25, 0.3) is 0 Å². The van der Waals surface area contributed by atoms with Crippen molar-refractivity contribution in [3.8, 4) is 0 Å². The molecule has 1 atom stereocenters. The smallest absolute Gasteiger partial charge is 0.316 e. The minimum absolute atomic E-state index is 0.0403. The minimum Gasteiger partial charge on any atom is -0.376 e. The third-order valence-corrected chi connectivity index (χ3v) is 3.34. The van der Waals surface area contributed by atoms with E-state index >= 15 is 0 Å². The molecule has 1 aliphatic rings. The summed E-state index contributed by atoms with van der Waals surface area (Å²) < 4.78 is 5.41. The number of nitrogens with one attached hydrogen (secondary N) is 1. The number of hydrogen-bond acceptors (Lipinski definition) is 3. The highest BCUT2D eigenvalue weighted by Crippen LogP contribution is 2.13. The summed E-state index contributed by atoms with van der Waals surface area (Å²) in [5.74, 6) is -1.11. The van der Waals surface area contributed by atoms with Gasteiger partial charge in [-0.15, -0.1) is 0 Å². The number of anilines is 1. The molecular formula is C15H20N2O3. The van der Waals surface area contributed by atoms with Crippen LogP contribution in [0.5, 0.6) is 0 Å². The highest BCUT2D eigenvalue weighted by molar-refractivity contribution is 6.40. The molecule has 1 fully saturated rings. The van der Waals surface area contributed by atoms with Crippen LogP contribution in [-0.2, 0) is 14.3 Å². The molecule has 1 heterocycles. The van der Waals surface area contributed by atoms with Crippen molar-refractivity contribution >= 4 is 17.5 Å². The summed E-state index contributed by atoms with van der Waals surface area (Å²) in [5.41, 5.74) is 0.729. The molecule has 1 aliphatic heterocycles. The number of ether oxygens (including phenoxy) is 1. The van der Waals surface area contributed by atoms with Gasteiger partial charge in [0.25, 0.3) is 0 Å². The summed E-state index contributed by atoms with van der Waals surface area (Å²) in [5, 5.41) is 2.65. The first-order valence-electron chi connectivity index (χ1n) is 6.98. The number of nitrogens with zero attached hydrogens (tertiary/aromatic N) is 1. The maximum atomic E-state index is 12.2. The predicted molar refractivity (Wildman–Crippen MR) is 76.5 cm³/mol. The molecule has 1 aromatic carbocycles. The second kappa shape index (κ2) is 7.05. The van der Waals surface area contributed by atoms with Gasteiger partial charge in [-0.1, -0.05) is 18.2 Å². The molecule has 2 amide bonds. The molecule has 0 saturated carbocycles. The molecule has 1 aromatic rings. The third kappa shape index (κ3) is 3.57. The van der Waals surface area contributed by atoms with Crippen molar-refractivity contribution in [1.82, 2.24) is 5.32 Å². The van der Waals surface area contributed by atoms with E-state index in [1.165, 1.54) is 4.90 Å². The van der Waals surface area contributed by atoms with Gasteiger partial charge in [0.1, 0.15) is 0 Å². The highest BCUT2D eigenvalue weighted by Gasteiger charge is 2.23. The fourth-order valence-corrected chi connectivity index (χ4v) is 2.26.